The summed E-state index contributed by atoms with van der Waals surface area (Å²) in [5.74, 6) is -1.20. The number of carbonyl (C=O) groups excluding carboxylic acids is 1. The molecule has 0 radical (unpaired) electrons. The largest absolute Gasteiger partial charge is 0.506 e. The molecule has 86 valence electrons. The molecule has 0 aliphatic carbocycles. The molecule has 3 N–H and O–H groups in total. The first kappa shape index (κ1) is 9.89. The number of nitrogens with zero attached hydrogens (tertiary/aromatic N) is 1. The highest BCUT2D eigenvalue weighted by Crippen LogP contribution is 2.31. The molecule has 0 saturated heterocycles. The summed E-state index contributed by atoms with van der Waals surface area (Å²) in [5.41, 5.74) is 6.02. The van der Waals surface area contributed by atoms with Crippen LogP contribution in [0.1, 0.15) is 15.9 Å². The number of benzene rings is 1. The van der Waals surface area contributed by atoms with Crippen LogP contribution in [0.5, 0.6) is 5.75 Å². The smallest absolute Gasteiger partial charge is 0.267 e. The number of pyridine rings is 1. The highest BCUT2D eigenvalue weighted by molar-refractivity contribution is 6.02. The van der Waals surface area contributed by atoms with E-state index >= 15 is 0 Å². The van der Waals surface area contributed by atoms with Gasteiger partial charge in [-0.3, -0.25) is 9.59 Å². The quantitative estimate of drug-likeness (QED) is 0.741. The van der Waals surface area contributed by atoms with Gasteiger partial charge in [0.1, 0.15) is 11.3 Å². The Morgan fingerprint density at radius 2 is 2.18 bits per heavy atom. The fourth-order valence-corrected chi connectivity index (χ4v) is 2.44. The van der Waals surface area contributed by atoms with Crippen molar-refractivity contribution in [2.45, 2.75) is 13.0 Å². The van der Waals surface area contributed by atoms with Gasteiger partial charge in [-0.05, 0) is 18.1 Å². The minimum absolute atomic E-state index is 0.308. The Morgan fingerprint density at radius 3 is 2.88 bits per heavy atom. The first-order valence-electron chi connectivity index (χ1n) is 5.28. The molecular formula is C12H10N2O3. The van der Waals surface area contributed by atoms with Crippen LogP contribution in [0.4, 0.5) is 0 Å². The number of aromatic hydroxyl groups is 1. The molecule has 5 heteroatoms. The van der Waals surface area contributed by atoms with Crippen molar-refractivity contribution < 1.29 is 9.90 Å². The third kappa shape index (κ3) is 1.13. The zero-order valence-electron chi connectivity index (χ0n) is 8.93. The number of aryl methyl sites for hydroxylation is 2. The van der Waals surface area contributed by atoms with E-state index in [0.29, 0.717) is 17.4 Å². The summed E-state index contributed by atoms with van der Waals surface area (Å²) in [6, 6.07) is 5.39. The van der Waals surface area contributed by atoms with E-state index in [4.69, 9.17) is 5.73 Å². The van der Waals surface area contributed by atoms with Gasteiger partial charge in [0.15, 0.2) is 0 Å². The molecule has 0 bridgehead atoms. The summed E-state index contributed by atoms with van der Waals surface area (Å²) in [7, 11) is 0. The van der Waals surface area contributed by atoms with Crippen molar-refractivity contribution in [2.75, 3.05) is 0 Å². The Balaban J connectivity index is 2.60. The van der Waals surface area contributed by atoms with Crippen LogP contribution < -0.4 is 11.3 Å². The molecule has 0 fully saturated rings. The lowest BCUT2D eigenvalue weighted by molar-refractivity contribution is 0.0996. The Labute approximate surface area is 96.1 Å². The maximum atomic E-state index is 12.0. The first-order valence-corrected chi connectivity index (χ1v) is 5.28. The summed E-state index contributed by atoms with van der Waals surface area (Å²) < 4.78 is 1.50. The van der Waals surface area contributed by atoms with Crippen molar-refractivity contribution >= 4 is 16.8 Å². The van der Waals surface area contributed by atoms with Crippen LogP contribution in [0.3, 0.4) is 0 Å². The molecule has 0 atom stereocenters. The average Bonchev–Trinajstić information content (AvgIpc) is 2.70. The lowest BCUT2D eigenvalue weighted by atomic mass is 10.1. The number of hydrogen-bond acceptors (Lipinski definition) is 3. The van der Waals surface area contributed by atoms with Crippen LogP contribution >= 0.6 is 0 Å². The number of aromatic nitrogens is 1. The number of rotatable bonds is 1. The summed E-state index contributed by atoms with van der Waals surface area (Å²) in [5, 5.41) is 10.5. The minimum atomic E-state index is -0.893. The van der Waals surface area contributed by atoms with Crippen LogP contribution in [0, 0.1) is 0 Å². The maximum Gasteiger partial charge on any atom is 0.267 e. The summed E-state index contributed by atoms with van der Waals surface area (Å²) in [4.78, 5) is 23.2. The lowest BCUT2D eigenvalue weighted by Crippen LogP contribution is -2.28. The van der Waals surface area contributed by atoms with E-state index in [1.54, 1.807) is 12.1 Å². The fraction of sp³-hybridized carbons (Fsp3) is 0.167. The molecule has 3 rings (SSSR count). The second-order valence-electron chi connectivity index (χ2n) is 4.11. The zero-order valence-corrected chi connectivity index (χ0v) is 8.93. The van der Waals surface area contributed by atoms with Gasteiger partial charge in [0, 0.05) is 11.9 Å². The molecule has 1 aliphatic heterocycles. The monoisotopic (exact) mass is 230 g/mol. The van der Waals surface area contributed by atoms with Gasteiger partial charge in [0.05, 0.1) is 5.52 Å². The summed E-state index contributed by atoms with van der Waals surface area (Å²) in [6.45, 7) is 0.523. The molecule has 17 heavy (non-hydrogen) atoms. The van der Waals surface area contributed by atoms with Crippen molar-refractivity contribution in [1.82, 2.24) is 4.57 Å². The van der Waals surface area contributed by atoms with Crippen LogP contribution in [0.25, 0.3) is 10.9 Å². The van der Waals surface area contributed by atoms with Gasteiger partial charge in [-0.15, -0.1) is 0 Å². The minimum Gasteiger partial charge on any atom is -0.506 e. The van der Waals surface area contributed by atoms with Gasteiger partial charge >= 0.3 is 0 Å². The SMILES string of the molecule is NC(=O)c1c(O)c2cccc3c2n(c1=O)CC3. The van der Waals surface area contributed by atoms with E-state index < -0.39 is 11.5 Å². The van der Waals surface area contributed by atoms with Crippen molar-refractivity contribution in [1.29, 1.82) is 0 Å². The molecule has 1 aromatic heterocycles. The zero-order chi connectivity index (χ0) is 12.2. The molecule has 1 aliphatic rings. The number of hydrogen-bond donors (Lipinski definition) is 2. The standard InChI is InChI=1S/C12H10N2O3/c13-11(16)8-10(15)7-3-1-2-6-4-5-14(9(6)7)12(8)17/h1-3,15H,4-5H2,(H2,13,16). The van der Waals surface area contributed by atoms with Gasteiger partial charge in [-0.2, -0.15) is 0 Å². The summed E-state index contributed by atoms with van der Waals surface area (Å²) in [6.07, 6.45) is 0.730. The van der Waals surface area contributed by atoms with Gasteiger partial charge in [-0.1, -0.05) is 12.1 Å². The number of para-hydroxylation sites is 1. The molecule has 2 heterocycles. The normalized spacial score (nSPS) is 13.2. The Hall–Kier alpha value is -2.30. The molecule has 0 saturated carbocycles. The topological polar surface area (TPSA) is 85.3 Å². The highest BCUT2D eigenvalue weighted by Gasteiger charge is 2.24. The lowest BCUT2D eigenvalue weighted by Gasteiger charge is -2.08. The van der Waals surface area contributed by atoms with Gasteiger partial charge in [-0.25, -0.2) is 0 Å². The van der Waals surface area contributed by atoms with Crippen molar-refractivity contribution in [3.63, 3.8) is 0 Å². The highest BCUT2D eigenvalue weighted by atomic mass is 16.3. The van der Waals surface area contributed by atoms with E-state index in [-0.39, 0.29) is 11.3 Å². The fourth-order valence-electron chi connectivity index (χ4n) is 2.44. The molecule has 0 unspecified atom stereocenters. The molecule has 5 nitrogen and oxygen atoms in total. The van der Waals surface area contributed by atoms with E-state index in [1.807, 2.05) is 6.07 Å². The Bertz CT molecular complexity index is 716. The Morgan fingerprint density at radius 1 is 1.41 bits per heavy atom. The number of primary amides is 1. The van der Waals surface area contributed by atoms with Crippen LogP contribution in [-0.2, 0) is 13.0 Å². The van der Waals surface area contributed by atoms with Crippen molar-refractivity contribution in [3.05, 3.63) is 39.7 Å². The molecule has 2 aromatic rings. The second kappa shape index (κ2) is 3.10. The van der Waals surface area contributed by atoms with Crippen LogP contribution in [0.15, 0.2) is 23.0 Å². The molecular weight excluding hydrogens is 220 g/mol. The summed E-state index contributed by atoms with van der Waals surface area (Å²) >= 11 is 0. The van der Waals surface area contributed by atoms with Crippen LogP contribution in [0.2, 0.25) is 0 Å². The van der Waals surface area contributed by atoms with E-state index in [0.717, 1.165) is 12.0 Å². The molecule has 1 aromatic carbocycles. The predicted octanol–water partition coefficient (Wildman–Crippen LogP) is 0.362. The third-order valence-corrected chi connectivity index (χ3v) is 3.19. The number of amides is 1. The van der Waals surface area contributed by atoms with Crippen LogP contribution in [-0.4, -0.2) is 15.6 Å². The second-order valence-corrected chi connectivity index (χ2v) is 4.11. The number of carbonyl (C=O) groups is 1. The van der Waals surface area contributed by atoms with E-state index in [2.05, 4.69) is 0 Å². The van der Waals surface area contributed by atoms with E-state index in [9.17, 15) is 14.7 Å². The maximum absolute atomic E-state index is 12.0. The van der Waals surface area contributed by atoms with Gasteiger partial charge in [0.2, 0.25) is 0 Å². The first-order chi connectivity index (χ1) is 8.11. The molecule has 1 amide bonds. The van der Waals surface area contributed by atoms with E-state index in [1.165, 1.54) is 4.57 Å². The average molecular weight is 230 g/mol. The Kier molecular flexibility index (Phi) is 1.80. The van der Waals surface area contributed by atoms with Gasteiger partial charge in [0.25, 0.3) is 11.5 Å². The number of nitrogens with two attached hydrogens (primary N) is 1. The van der Waals surface area contributed by atoms with Crippen molar-refractivity contribution in [3.8, 4) is 5.75 Å². The third-order valence-electron chi connectivity index (χ3n) is 3.19. The molecule has 0 spiro atoms. The van der Waals surface area contributed by atoms with Crippen molar-refractivity contribution in [2.24, 2.45) is 5.73 Å². The predicted molar refractivity (Wildman–Crippen MR) is 62.1 cm³/mol. The van der Waals surface area contributed by atoms with Gasteiger partial charge < -0.3 is 15.4 Å².